The molecule has 0 atom stereocenters. The third-order valence-electron chi connectivity index (χ3n) is 0.750. The normalized spacial score (nSPS) is 6.44. The van der Waals surface area contributed by atoms with Gasteiger partial charge in [0.05, 0.1) is 0 Å². The average molecular weight is 123 g/mol. The molecule has 0 saturated heterocycles. The van der Waals surface area contributed by atoms with Crippen molar-refractivity contribution in [3.63, 3.8) is 0 Å². The second-order valence-electron chi connectivity index (χ2n) is 1.48. The molecule has 1 heteroatoms. The van der Waals surface area contributed by atoms with Crippen molar-refractivity contribution in [1.82, 2.24) is 0 Å². The Kier molecular flexibility index (Phi) is 6.31. The Labute approximate surface area is 55.5 Å². The summed E-state index contributed by atoms with van der Waals surface area (Å²) in [4.78, 5) is 0. The van der Waals surface area contributed by atoms with Gasteiger partial charge < -0.3 is 0 Å². The van der Waals surface area contributed by atoms with Gasteiger partial charge in [-0.15, -0.1) is 4.39 Å². The Balaban J connectivity index is 3.23. The zero-order valence-electron chi connectivity index (χ0n) is 5.21. The second kappa shape index (κ2) is 7.05. The minimum Gasteiger partial charge on any atom is -0.143 e. The largest absolute Gasteiger partial charge is 0.143 e. The molecule has 0 heterocycles. The molecule has 0 unspecified atom stereocenters. The molecule has 0 aliphatic rings. The number of rotatable bonds is 2. The lowest BCUT2D eigenvalue weighted by atomic mass is 10.2. The molecule has 0 N–H and O–H groups in total. The summed E-state index contributed by atoms with van der Waals surface area (Å²) >= 11 is 0. The number of unbranched alkanes of at least 4 members (excludes halogenated alkanes) is 2. The molecule has 0 saturated carbocycles. The first-order chi connectivity index (χ1) is 4.41. The third kappa shape index (κ3) is 7.05. The van der Waals surface area contributed by atoms with E-state index in [1.54, 1.807) is 0 Å². The van der Waals surface area contributed by atoms with Crippen LogP contribution in [0.2, 0.25) is 0 Å². The Bertz CT molecular complexity index is 160. The van der Waals surface area contributed by atoms with Crippen molar-refractivity contribution in [3.8, 4) is 23.9 Å². The smallest absolute Gasteiger partial charge is 0.119 e. The van der Waals surface area contributed by atoms with Crippen molar-refractivity contribution < 1.29 is 4.39 Å². The highest BCUT2D eigenvalue weighted by Gasteiger charge is 1.73. The Morgan fingerprint density at radius 1 is 1.33 bits per heavy atom. The molecule has 0 aromatic heterocycles. The van der Waals surface area contributed by atoms with Crippen LogP contribution in [0.1, 0.15) is 19.3 Å². The molecule has 0 aliphatic heterocycles. The minimum absolute atomic E-state index is 0.762. The number of hydrogen-bond acceptors (Lipinski definition) is 0. The van der Waals surface area contributed by atoms with Crippen LogP contribution < -0.4 is 0 Å². The van der Waals surface area contributed by atoms with Gasteiger partial charge in [-0.1, -0.05) is 19.3 Å². The van der Waals surface area contributed by atoms with E-state index in [1.165, 1.54) is 6.17 Å². The van der Waals surface area contributed by atoms with Gasteiger partial charge in [-0.2, -0.15) is 0 Å². The van der Waals surface area contributed by atoms with E-state index in [2.05, 4.69) is 18.8 Å². The average Bonchev–Trinajstić information content (AvgIpc) is 1.89. The zero-order chi connectivity index (χ0) is 6.95. The van der Waals surface area contributed by atoms with Crippen LogP contribution in [-0.2, 0) is 0 Å². The Morgan fingerprint density at radius 2 is 2.11 bits per heavy atom. The van der Waals surface area contributed by atoms with Crippen LogP contribution in [0.25, 0.3) is 0 Å². The van der Waals surface area contributed by atoms with E-state index in [1.807, 2.05) is 5.92 Å². The maximum Gasteiger partial charge on any atom is 0.119 e. The van der Waals surface area contributed by atoms with Gasteiger partial charge in [-0.25, -0.2) is 0 Å². The molecule has 0 aromatic rings. The molecule has 0 fully saturated rings. The molecule has 9 heavy (non-hydrogen) atoms. The monoisotopic (exact) mass is 123 g/mol. The highest BCUT2D eigenvalue weighted by Crippen LogP contribution is 1.89. The van der Waals surface area contributed by atoms with Crippen molar-refractivity contribution in [2.45, 2.75) is 19.3 Å². The van der Waals surface area contributed by atoms with Gasteiger partial charge >= 0.3 is 0 Å². The first-order valence-electron chi connectivity index (χ1n) is 2.79. The fourth-order valence-electron chi connectivity index (χ4n) is 0.344. The van der Waals surface area contributed by atoms with Crippen molar-refractivity contribution in [2.24, 2.45) is 0 Å². The molecular weight excluding hydrogens is 115 g/mol. The van der Waals surface area contributed by atoms with Crippen LogP contribution in [0.4, 0.5) is 4.39 Å². The zero-order valence-corrected chi connectivity index (χ0v) is 5.21. The van der Waals surface area contributed by atoms with Gasteiger partial charge in [0.25, 0.3) is 0 Å². The first kappa shape index (κ1) is 8.05. The molecule has 1 radical (unpaired) electrons. The van der Waals surface area contributed by atoms with Crippen LogP contribution in [0.3, 0.4) is 0 Å². The lowest BCUT2D eigenvalue weighted by molar-refractivity contribution is 0.774. The number of hydrogen-bond donors (Lipinski definition) is 0. The van der Waals surface area contributed by atoms with E-state index in [9.17, 15) is 4.39 Å². The molecule has 0 rings (SSSR count). The van der Waals surface area contributed by atoms with E-state index in [4.69, 9.17) is 0 Å². The SMILES string of the molecule is [CH2]CCCC#CC#CF. The van der Waals surface area contributed by atoms with Gasteiger partial charge in [0.15, 0.2) is 0 Å². The molecule has 0 spiro atoms. The molecule has 0 amide bonds. The topological polar surface area (TPSA) is 0 Å². The van der Waals surface area contributed by atoms with Crippen LogP contribution in [-0.4, -0.2) is 0 Å². The van der Waals surface area contributed by atoms with Gasteiger partial charge in [-0.05, 0) is 12.3 Å². The number of halogens is 1. The Morgan fingerprint density at radius 3 is 2.67 bits per heavy atom. The van der Waals surface area contributed by atoms with Crippen molar-refractivity contribution in [3.05, 3.63) is 6.92 Å². The summed E-state index contributed by atoms with van der Waals surface area (Å²) in [5.41, 5.74) is 0. The second-order valence-corrected chi connectivity index (χ2v) is 1.48. The van der Waals surface area contributed by atoms with Crippen molar-refractivity contribution in [1.29, 1.82) is 0 Å². The minimum atomic E-state index is 0.762. The standard InChI is InChI=1S/C8H8F/c1-2-3-4-5-6-7-8-9/h1-4H2. The van der Waals surface area contributed by atoms with Crippen LogP contribution >= 0.6 is 0 Å². The summed E-state index contributed by atoms with van der Waals surface area (Å²) in [5, 5.41) is 0. The van der Waals surface area contributed by atoms with Gasteiger partial charge in [-0.3, -0.25) is 0 Å². The van der Waals surface area contributed by atoms with Gasteiger partial charge in [0.1, 0.15) is 6.17 Å². The summed E-state index contributed by atoms with van der Waals surface area (Å²) in [6, 6.07) is 0. The van der Waals surface area contributed by atoms with Crippen LogP contribution in [0, 0.1) is 30.9 Å². The van der Waals surface area contributed by atoms with Gasteiger partial charge in [0.2, 0.25) is 0 Å². The summed E-state index contributed by atoms with van der Waals surface area (Å²) < 4.78 is 11.0. The van der Waals surface area contributed by atoms with E-state index >= 15 is 0 Å². The van der Waals surface area contributed by atoms with Crippen LogP contribution in [0.15, 0.2) is 0 Å². The quantitative estimate of drug-likeness (QED) is 0.388. The lowest BCUT2D eigenvalue weighted by Gasteiger charge is -1.80. The molecule has 0 aromatic carbocycles. The summed E-state index contributed by atoms with van der Waals surface area (Å²) in [5.74, 6) is 7.05. The lowest BCUT2D eigenvalue weighted by Crippen LogP contribution is -1.65. The summed E-state index contributed by atoms with van der Waals surface area (Å²) in [7, 11) is 0. The van der Waals surface area contributed by atoms with E-state index in [0.717, 1.165) is 19.3 Å². The predicted molar refractivity (Wildman–Crippen MR) is 35.9 cm³/mol. The fourth-order valence-corrected chi connectivity index (χ4v) is 0.344. The summed E-state index contributed by atoms with van der Waals surface area (Å²) in [6.45, 7) is 3.63. The highest BCUT2D eigenvalue weighted by atomic mass is 19.1. The first-order valence-corrected chi connectivity index (χ1v) is 2.79. The maximum absolute atomic E-state index is 11.0. The third-order valence-corrected chi connectivity index (χ3v) is 0.750. The molecule has 47 valence electrons. The fraction of sp³-hybridized carbons (Fsp3) is 0.375. The predicted octanol–water partition coefficient (Wildman–Crippen LogP) is 1.92. The molecular formula is C8H8F. The molecule has 0 bridgehead atoms. The maximum atomic E-state index is 11.0. The van der Waals surface area contributed by atoms with E-state index in [0.29, 0.717) is 0 Å². The Hall–Kier alpha value is -0.950. The van der Waals surface area contributed by atoms with Crippen LogP contribution in [0.5, 0.6) is 0 Å². The van der Waals surface area contributed by atoms with Crippen molar-refractivity contribution >= 4 is 0 Å². The highest BCUT2D eigenvalue weighted by molar-refractivity contribution is 5.23. The molecule has 0 nitrogen and oxygen atoms in total. The van der Waals surface area contributed by atoms with E-state index < -0.39 is 0 Å². The van der Waals surface area contributed by atoms with E-state index in [-0.39, 0.29) is 0 Å². The summed E-state index contributed by atoms with van der Waals surface area (Å²) in [6.07, 6.45) is 3.80. The van der Waals surface area contributed by atoms with Gasteiger partial charge in [0, 0.05) is 12.3 Å². The molecule has 0 aliphatic carbocycles. The van der Waals surface area contributed by atoms with Crippen molar-refractivity contribution in [2.75, 3.05) is 0 Å².